The van der Waals surface area contributed by atoms with Gasteiger partial charge in [0.15, 0.2) is 0 Å². The number of hydrogen-bond acceptors (Lipinski definition) is 9. The lowest BCUT2D eigenvalue weighted by Crippen LogP contribution is -1.92. The van der Waals surface area contributed by atoms with E-state index in [1.807, 2.05) is 12.1 Å². The van der Waals surface area contributed by atoms with Gasteiger partial charge in [-0.15, -0.1) is 22.7 Å². The number of unbranched alkanes of at least 4 members (excludes halogenated alkanes) is 10. The van der Waals surface area contributed by atoms with Crippen LogP contribution in [0.1, 0.15) is 113 Å². The number of benzene rings is 3. The molecule has 3 aromatic carbocycles. The third-order valence-corrected chi connectivity index (χ3v) is 13.6. The summed E-state index contributed by atoms with van der Waals surface area (Å²) in [6.45, 7) is 4.49. The van der Waals surface area contributed by atoms with Crippen molar-refractivity contribution in [1.29, 1.82) is 10.5 Å². The van der Waals surface area contributed by atoms with Gasteiger partial charge in [-0.2, -0.15) is 28.0 Å². The molecule has 0 aliphatic carbocycles. The number of nitriles is 2. The number of rotatable bonds is 18. The van der Waals surface area contributed by atoms with E-state index in [9.17, 15) is 10.5 Å². The molecule has 1 aliphatic heterocycles. The molecule has 0 radical (unpaired) electrons. The Bertz CT molecular complexity index is 2250. The predicted octanol–water partition coefficient (Wildman–Crippen LogP) is 14.8. The highest BCUT2D eigenvalue weighted by molar-refractivity contribution is 7.58. The first-order valence-electron chi connectivity index (χ1n) is 19.3. The molecule has 0 saturated carbocycles. The molecule has 3 aromatic heterocycles. The van der Waals surface area contributed by atoms with E-state index in [1.165, 1.54) is 87.3 Å². The van der Waals surface area contributed by atoms with E-state index < -0.39 is 0 Å². The lowest BCUT2D eigenvalue weighted by atomic mass is 9.98. The van der Waals surface area contributed by atoms with E-state index in [0.29, 0.717) is 0 Å². The molecule has 0 saturated heterocycles. The molecule has 1 aliphatic rings. The molecule has 10 heteroatoms. The van der Waals surface area contributed by atoms with E-state index >= 15 is 0 Å². The maximum absolute atomic E-state index is 10.0. The average molecular weight is 785 g/mol. The third-order valence-electron chi connectivity index (χ3n) is 10.3. The third kappa shape index (κ3) is 8.33. The molecule has 274 valence electrons. The molecule has 0 N–H and O–H groups in total. The van der Waals surface area contributed by atoms with Gasteiger partial charge in [0.1, 0.15) is 22.4 Å². The molecule has 0 fully saturated rings. The zero-order chi connectivity index (χ0) is 37.3. The van der Waals surface area contributed by atoms with Gasteiger partial charge < -0.3 is 0 Å². The standard InChI is InChI=1S/C44H44N6S4/c1-3-5-7-9-11-13-15-29-17-19-31(25-33(29)27-45)35-21-23-37(51-35)39-41-43(49-53-47-41)40(44-42(39)48-54-50-44)38-24-22-36(52-38)32-20-18-30(34(26-32)28-46)16-14-12-10-8-6-4-2/h17-26H,3-16H2,1-2H3. The highest BCUT2D eigenvalue weighted by Crippen LogP contribution is 2.54. The van der Waals surface area contributed by atoms with Crippen LogP contribution in [0.4, 0.5) is 11.4 Å². The first-order valence-corrected chi connectivity index (χ1v) is 22.4. The summed E-state index contributed by atoms with van der Waals surface area (Å²) in [4.78, 5) is 4.31. The van der Waals surface area contributed by atoms with Gasteiger partial charge >= 0.3 is 0 Å². The fourth-order valence-electron chi connectivity index (χ4n) is 7.27. The largest absolute Gasteiger partial charge is 0.192 e. The van der Waals surface area contributed by atoms with Crippen molar-refractivity contribution < 1.29 is 0 Å². The van der Waals surface area contributed by atoms with E-state index in [2.05, 4.69) is 74.5 Å². The maximum atomic E-state index is 10.0. The molecule has 4 heterocycles. The Kier molecular flexibility index (Phi) is 12.9. The summed E-state index contributed by atoms with van der Waals surface area (Å²) in [5.41, 5.74) is 11.1. The minimum absolute atomic E-state index is 0.765. The fraction of sp³-hybridized carbons (Fsp3) is 0.364. The van der Waals surface area contributed by atoms with Gasteiger partial charge in [-0.1, -0.05) is 102 Å². The molecular weight excluding hydrogens is 741 g/mol. The highest BCUT2D eigenvalue weighted by atomic mass is 32.1. The van der Waals surface area contributed by atoms with Crippen molar-refractivity contribution in [3.63, 3.8) is 0 Å². The summed E-state index contributed by atoms with van der Waals surface area (Å²) in [7, 11) is 0. The summed E-state index contributed by atoms with van der Waals surface area (Å²) in [5.74, 6) is 0. The summed E-state index contributed by atoms with van der Waals surface area (Å²) < 4.78 is 19.3. The Morgan fingerprint density at radius 3 is 1.39 bits per heavy atom. The van der Waals surface area contributed by atoms with Crippen LogP contribution in [0.3, 0.4) is 0 Å². The van der Waals surface area contributed by atoms with Gasteiger partial charge in [0.05, 0.1) is 46.3 Å². The SMILES string of the molecule is CCCCCCCCc1ccc(-c2ccc(-c3c4c(c(-c5ccc(-c6ccc(CCCCCCCC)c(C#N)c6)s5)c5nsnc35)N=S=N4)s2)cc1C#N. The number of aromatic nitrogens is 2. The molecule has 6 aromatic rings. The zero-order valence-electron chi connectivity index (χ0n) is 31.0. The second-order valence-corrected chi connectivity index (χ2v) is 17.2. The number of hydrogen-bond donors (Lipinski definition) is 0. The van der Waals surface area contributed by atoms with Crippen LogP contribution in [0, 0.1) is 22.7 Å². The van der Waals surface area contributed by atoms with Gasteiger partial charge in [0, 0.05) is 30.6 Å². The Morgan fingerprint density at radius 2 is 0.944 bits per heavy atom. The van der Waals surface area contributed by atoms with Crippen LogP contribution < -0.4 is 0 Å². The van der Waals surface area contributed by atoms with Gasteiger partial charge in [-0.25, -0.2) is 0 Å². The Morgan fingerprint density at radius 1 is 0.519 bits per heavy atom. The molecular formula is C44H44N6S4. The van der Waals surface area contributed by atoms with Crippen LogP contribution in [-0.4, -0.2) is 8.75 Å². The van der Waals surface area contributed by atoms with E-state index in [0.717, 1.165) is 112 Å². The van der Waals surface area contributed by atoms with Crippen molar-refractivity contribution in [1.82, 2.24) is 8.75 Å². The molecule has 0 atom stereocenters. The quantitative estimate of drug-likeness (QED) is 0.0809. The molecule has 54 heavy (non-hydrogen) atoms. The van der Waals surface area contributed by atoms with Gasteiger partial charge in [-0.05, 0) is 84.3 Å². The Labute approximate surface area is 334 Å². The summed E-state index contributed by atoms with van der Waals surface area (Å²) in [5, 5.41) is 20.1. The van der Waals surface area contributed by atoms with Crippen LogP contribution in [0.2, 0.25) is 0 Å². The minimum atomic E-state index is 0.765. The number of fused-ring (bicyclic) bond motifs is 2. The average Bonchev–Trinajstić information content (AvgIpc) is 4.05. The van der Waals surface area contributed by atoms with E-state index in [1.54, 1.807) is 22.7 Å². The lowest BCUT2D eigenvalue weighted by molar-refractivity contribution is 0.607. The summed E-state index contributed by atoms with van der Waals surface area (Å²) in [6.07, 6.45) is 16.8. The van der Waals surface area contributed by atoms with Gasteiger partial charge in [0.25, 0.3) is 0 Å². The maximum Gasteiger partial charge on any atom is 0.116 e. The normalized spacial score (nSPS) is 11.9. The smallest absolute Gasteiger partial charge is 0.116 e. The van der Waals surface area contributed by atoms with Crippen LogP contribution in [-0.2, 0) is 24.2 Å². The fourth-order valence-corrected chi connectivity index (χ4v) is 10.5. The van der Waals surface area contributed by atoms with Crippen molar-refractivity contribution in [2.45, 2.75) is 104 Å². The molecule has 7 rings (SSSR count). The lowest BCUT2D eigenvalue weighted by Gasteiger charge is -2.10. The van der Waals surface area contributed by atoms with Crippen molar-refractivity contribution >= 4 is 68.2 Å². The van der Waals surface area contributed by atoms with Crippen LogP contribution >= 0.6 is 34.4 Å². The Hall–Kier alpha value is -4.32. The molecule has 0 amide bonds. The van der Waals surface area contributed by atoms with Crippen molar-refractivity contribution in [3.05, 3.63) is 82.9 Å². The molecule has 0 unspecified atom stereocenters. The van der Waals surface area contributed by atoms with Crippen LogP contribution in [0.15, 0.2) is 69.4 Å². The van der Waals surface area contributed by atoms with Crippen LogP contribution in [0.25, 0.3) is 52.8 Å². The second kappa shape index (κ2) is 18.3. The first kappa shape index (κ1) is 38.0. The number of aryl methyl sites for hydroxylation is 2. The minimum Gasteiger partial charge on any atom is -0.192 e. The van der Waals surface area contributed by atoms with E-state index in [4.69, 9.17) is 17.5 Å². The topological polar surface area (TPSA) is 98.1 Å². The summed E-state index contributed by atoms with van der Waals surface area (Å²) in [6, 6.07) is 26.1. The molecule has 6 nitrogen and oxygen atoms in total. The molecule has 0 spiro atoms. The van der Waals surface area contributed by atoms with Gasteiger partial charge in [0.2, 0.25) is 0 Å². The van der Waals surface area contributed by atoms with Crippen molar-refractivity contribution in [2.24, 2.45) is 8.73 Å². The second-order valence-electron chi connectivity index (χ2n) is 14.0. The number of nitrogens with zero attached hydrogens (tertiary/aromatic N) is 6. The zero-order valence-corrected chi connectivity index (χ0v) is 34.3. The molecule has 0 bridgehead atoms. The van der Waals surface area contributed by atoms with Gasteiger partial charge in [-0.3, -0.25) is 0 Å². The monoisotopic (exact) mass is 784 g/mol. The van der Waals surface area contributed by atoms with E-state index in [-0.39, 0.29) is 0 Å². The number of thiophene rings is 2. The highest BCUT2D eigenvalue weighted by Gasteiger charge is 2.28. The Balaban J connectivity index is 1.13. The first-order chi connectivity index (χ1) is 26.6. The predicted molar refractivity (Wildman–Crippen MR) is 230 cm³/mol. The summed E-state index contributed by atoms with van der Waals surface area (Å²) >= 11 is 5.80. The van der Waals surface area contributed by atoms with Crippen molar-refractivity contribution in [2.75, 3.05) is 0 Å². The van der Waals surface area contributed by atoms with Crippen molar-refractivity contribution in [3.8, 4) is 53.9 Å². The van der Waals surface area contributed by atoms with Crippen LogP contribution in [0.5, 0.6) is 0 Å².